The van der Waals surface area contributed by atoms with Crippen LogP contribution < -0.4 is 20.1 Å². The van der Waals surface area contributed by atoms with Gasteiger partial charge in [-0.2, -0.15) is 0 Å². The number of nitrogens with one attached hydrogen (secondary N) is 2. The summed E-state index contributed by atoms with van der Waals surface area (Å²) in [5, 5.41) is 5.50. The quantitative estimate of drug-likeness (QED) is 0.768. The molecular formula is C19H24N2O3. The molecule has 5 heteroatoms. The first-order chi connectivity index (χ1) is 11.6. The number of ether oxygens (including phenoxy) is 2. The Morgan fingerprint density at radius 1 is 1.00 bits per heavy atom. The Morgan fingerprint density at radius 2 is 1.75 bits per heavy atom. The van der Waals surface area contributed by atoms with E-state index in [4.69, 9.17) is 9.47 Å². The summed E-state index contributed by atoms with van der Waals surface area (Å²) in [5.74, 6) is 1.61. The molecule has 0 spiro atoms. The molecule has 0 atom stereocenters. The van der Waals surface area contributed by atoms with Gasteiger partial charge < -0.3 is 20.1 Å². The number of hydrogen-bond acceptors (Lipinski definition) is 3. The van der Waals surface area contributed by atoms with Gasteiger partial charge in [0.2, 0.25) is 0 Å². The number of para-hydroxylation sites is 1. The Kier molecular flexibility index (Phi) is 6.49. The highest BCUT2D eigenvalue weighted by molar-refractivity contribution is 5.73. The van der Waals surface area contributed by atoms with Crippen molar-refractivity contribution in [3.05, 3.63) is 59.2 Å². The lowest BCUT2D eigenvalue weighted by Crippen LogP contribution is -2.38. The summed E-state index contributed by atoms with van der Waals surface area (Å²) in [6, 6.07) is 13.4. The van der Waals surface area contributed by atoms with Crippen molar-refractivity contribution in [1.82, 2.24) is 10.6 Å². The molecule has 2 amide bonds. The molecule has 0 saturated carbocycles. The fourth-order valence-electron chi connectivity index (χ4n) is 2.34. The Bertz CT molecular complexity index is 686. The van der Waals surface area contributed by atoms with E-state index in [0.29, 0.717) is 13.0 Å². The molecule has 128 valence electrons. The van der Waals surface area contributed by atoms with Crippen LogP contribution >= 0.6 is 0 Å². The van der Waals surface area contributed by atoms with E-state index in [0.717, 1.165) is 28.2 Å². The van der Waals surface area contributed by atoms with Gasteiger partial charge in [-0.15, -0.1) is 0 Å². The normalized spacial score (nSPS) is 10.1. The second kappa shape index (κ2) is 8.82. The Morgan fingerprint density at radius 3 is 2.54 bits per heavy atom. The van der Waals surface area contributed by atoms with E-state index in [1.54, 1.807) is 7.11 Å². The molecule has 0 aliphatic rings. The molecule has 0 bridgehead atoms. The number of benzene rings is 2. The number of rotatable bonds is 7. The Hall–Kier alpha value is -2.69. The fourth-order valence-corrected chi connectivity index (χ4v) is 2.34. The smallest absolute Gasteiger partial charge is 0.317 e. The maximum absolute atomic E-state index is 11.8. The van der Waals surface area contributed by atoms with Crippen LogP contribution in [0.5, 0.6) is 11.5 Å². The molecule has 0 radical (unpaired) electrons. The van der Waals surface area contributed by atoms with Crippen molar-refractivity contribution in [2.75, 3.05) is 20.4 Å². The molecule has 0 fully saturated rings. The molecule has 0 unspecified atom stereocenters. The van der Waals surface area contributed by atoms with Gasteiger partial charge in [0, 0.05) is 6.54 Å². The van der Waals surface area contributed by atoms with Crippen LogP contribution in [0.15, 0.2) is 42.5 Å². The van der Waals surface area contributed by atoms with Gasteiger partial charge in [-0.05, 0) is 49.1 Å². The van der Waals surface area contributed by atoms with Crippen LogP contribution in [0, 0.1) is 13.8 Å². The first kappa shape index (κ1) is 17.7. The number of carbonyl (C=O) groups excluding carboxylic acids is 1. The summed E-state index contributed by atoms with van der Waals surface area (Å²) in [6.07, 6.45) is 0.704. The second-order valence-electron chi connectivity index (χ2n) is 5.48. The van der Waals surface area contributed by atoms with Gasteiger partial charge in [0.05, 0.1) is 7.11 Å². The molecule has 0 aliphatic heterocycles. The van der Waals surface area contributed by atoms with Gasteiger partial charge in [-0.3, -0.25) is 0 Å². The third kappa shape index (κ3) is 4.91. The van der Waals surface area contributed by atoms with Gasteiger partial charge in [-0.25, -0.2) is 4.79 Å². The van der Waals surface area contributed by atoms with E-state index < -0.39 is 0 Å². The van der Waals surface area contributed by atoms with Crippen molar-refractivity contribution < 1.29 is 14.3 Å². The van der Waals surface area contributed by atoms with E-state index in [-0.39, 0.29) is 12.8 Å². The third-order valence-corrected chi connectivity index (χ3v) is 3.89. The van der Waals surface area contributed by atoms with Crippen LogP contribution in [0.1, 0.15) is 16.7 Å². The molecule has 24 heavy (non-hydrogen) atoms. The maximum atomic E-state index is 11.8. The lowest BCUT2D eigenvalue weighted by molar-refractivity contribution is 0.224. The van der Waals surface area contributed by atoms with Crippen LogP contribution in [0.2, 0.25) is 0 Å². The van der Waals surface area contributed by atoms with E-state index >= 15 is 0 Å². The van der Waals surface area contributed by atoms with Crippen molar-refractivity contribution in [2.45, 2.75) is 20.3 Å². The molecule has 0 aromatic heterocycles. The monoisotopic (exact) mass is 328 g/mol. The Balaban J connectivity index is 1.71. The van der Waals surface area contributed by atoms with Gasteiger partial charge in [-0.1, -0.05) is 30.3 Å². The van der Waals surface area contributed by atoms with Crippen molar-refractivity contribution in [3.8, 4) is 11.5 Å². The minimum Gasteiger partial charge on any atom is -0.496 e. The minimum absolute atomic E-state index is 0.130. The molecule has 0 heterocycles. The van der Waals surface area contributed by atoms with Crippen molar-refractivity contribution in [1.29, 1.82) is 0 Å². The van der Waals surface area contributed by atoms with E-state index in [2.05, 4.69) is 10.6 Å². The molecule has 0 aliphatic carbocycles. The lowest BCUT2D eigenvalue weighted by atomic mass is 10.1. The standard InChI is InChI=1S/C19H24N2O3/c1-14-7-6-10-17(15(14)2)24-13-21-19(22)20-12-11-16-8-4-5-9-18(16)23-3/h4-10H,11-13H2,1-3H3,(H2,20,21,22). The van der Waals surface area contributed by atoms with Gasteiger partial charge in [0.1, 0.15) is 11.5 Å². The van der Waals surface area contributed by atoms with Crippen molar-refractivity contribution in [3.63, 3.8) is 0 Å². The first-order valence-electron chi connectivity index (χ1n) is 7.94. The minimum atomic E-state index is -0.254. The average molecular weight is 328 g/mol. The topological polar surface area (TPSA) is 59.6 Å². The highest BCUT2D eigenvalue weighted by Gasteiger charge is 2.05. The summed E-state index contributed by atoms with van der Waals surface area (Å²) < 4.78 is 10.9. The van der Waals surface area contributed by atoms with Crippen LogP contribution in [0.25, 0.3) is 0 Å². The average Bonchev–Trinajstić information content (AvgIpc) is 2.59. The maximum Gasteiger partial charge on any atom is 0.317 e. The van der Waals surface area contributed by atoms with E-state index in [1.807, 2.05) is 56.3 Å². The third-order valence-electron chi connectivity index (χ3n) is 3.89. The van der Waals surface area contributed by atoms with Crippen molar-refractivity contribution >= 4 is 6.03 Å². The summed E-state index contributed by atoms with van der Waals surface area (Å²) in [7, 11) is 1.64. The van der Waals surface area contributed by atoms with Gasteiger partial charge in [0.15, 0.2) is 6.73 Å². The molecule has 5 nitrogen and oxygen atoms in total. The second-order valence-corrected chi connectivity index (χ2v) is 5.48. The molecule has 0 saturated heterocycles. The first-order valence-corrected chi connectivity index (χ1v) is 7.94. The molecule has 2 aromatic carbocycles. The van der Waals surface area contributed by atoms with Gasteiger partial charge >= 0.3 is 6.03 Å². The van der Waals surface area contributed by atoms with Crippen molar-refractivity contribution in [2.24, 2.45) is 0 Å². The number of urea groups is 1. The summed E-state index contributed by atoms with van der Waals surface area (Å²) in [6.45, 7) is 4.68. The predicted molar refractivity (Wildman–Crippen MR) is 94.6 cm³/mol. The molecule has 2 N–H and O–H groups in total. The van der Waals surface area contributed by atoms with Crippen LogP contribution in [0.4, 0.5) is 4.79 Å². The van der Waals surface area contributed by atoms with Crippen LogP contribution in [0.3, 0.4) is 0 Å². The van der Waals surface area contributed by atoms with Crippen LogP contribution in [-0.2, 0) is 6.42 Å². The zero-order chi connectivity index (χ0) is 17.4. The molecular weight excluding hydrogens is 304 g/mol. The number of amides is 2. The predicted octanol–water partition coefficient (Wildman–Crippen LogP) is 3.19. The fraction of sp³-hybridized carbons (Fsp3) is 0.316. The highest BCUT2D eigenvalue weighted by Crippen LogP contribution is 2.20. The summed E-state index contributed by atoms with van der Waals surface area (Å²) in [5.41, 5.74) is 3.30. The number of methoxy groups -OCH3 is 1. The molecule has 2 aromatic rings. The van der Waals surface area contributed by atoms with E-state index in [1.165, 1.54) is 0 Å². The zero-order valence-corrected chi connectivity index (χ0v) is 14.4. The number of hydrogen-bond donors (Lipinski definition) is 2. The number of carbonyl (C=O) groups is 1. The Labute approximate surface area is 143 Å². The molecule has 2 rings (SSSR count). The lowest BCUT2D eigenvalue weighted by Gasteiger charge is -2.12. The highest BCUT2D eigenvalue weighted by atomic mass is 16.5. The largest absolute Gasteiger partial charge is 0.496 e. The van der Waals surface area contributed by atoms with Crippen LogP contribution in [-0.4, -0.2) is 26.4 Å². The summed E-state index contributed by atoms with van der Waals surface area (Å²) in [4.78, 5) is 11.8. The summed E-state index contributed by atoms with van der Waals surface area (Å²) >= 11 is 0. The van der Waals surface area contributed by atoms with E-state index in [9.17, 15) is 4.79 Å². The number of aryl methyl sites for hydroxylation is 1. The zero-order valence-electron chi connectivity index (χ0n) is 14.4. The SMILES string of the molecule is COc1ccccc1CCNC(=O)NCOc1cccc(C)c1C. The van der Waals surface area contributed by atoms with Gasteiger partial charge in [0.25, 0.3) is 0 Å².